The van der Waals surface area contributed by atoms with Crippen LogP contribution in [0.4, 0.5) is 10.2 Å². The summed E-state index contributed by atoms with van der Waals surface area (Å²) in [5.74, 6) is 0.0778. The zero-order valence-corrected chi connectivity index (χ0v) is 13.7. The van der Waals surface area contributed by atoms with Crippen LogP contribution in [0.15, 0.2) is 70.3 Å². The number of anilines is 1. The summed E-state index contributed by atoms with van der Waals surface area (Å²) in [6, 6.07) is 12.0. The minimum Gasteiger partial charge on any atom is -0.467 e. The van der Waals surface area contributed by atoms with Gasteiger partial charge in [-0.3, -0.25) is 0 Å². The Morgan fingerprint density at radius 2 is 2.00 bits per heavy atom. The van der Waals surface area contributed by atoms with Gasteiger partial charge in [0.05, 0.1) is 17.7 Å². The van der Waals surface area contributed by atoms with Gasteiger partial charge in [-0.1, -0.05) is 12.1 Å². The summed E-state index contributed by atoms with van der Waals surface area (Å²) < 4.78 is 46.2. The number of rotatable bonds is 5. The van der Waals surface area contributed by atoms with E-state index in [1.54, 1.807) is 37.3 Å². The van der Waals surface area contributed by atoms with Crippen molar-refractivity contribution in [1.29, 1.82) is 0 Å². The largest absolute Gasteiger partial charge is 0.467 e. The lowest BCUT2D eigenvalue weighted by Gasteiger charge is -2.23. The Kier molecular flexibility index (Phi) is 4.35. The first kappa shape index (κ1) is 16.2. The van der Waals surface area contributed by atoms with Crippen LogP contribution in [-0.2, 0) is 16.6 Å². The van der Waals surface area contributed by atoms with Crippen molar-refractivity contribution in [2.45, 2.75) is 18.4 Å². The molecule has 0 bridgehead atoms. The van der Waals surface area contributed by atoms with Gasteiger partial charge in [-0.25, -0.2) is 22.1 Å². The molecule has 3 aromatic rings. The Bertz CT molecular complexity index is 926. The van der Waals surface area contributed by atoms with E-state index >= 15 is 0 Å². The second-order valence-corrected chi connectivity index (χ2v) is 7.02. The number of aromatic nitrogens is 1. The number of halogens is 1. The Morgan fingerprint density at radius 3 is 2.67 bits per heavy atom. The van der Waals surface area contributed by atoms with Gasteiger partial charge in [0.15, 0.2) is 0 Å². The number of benzene rings is 1. The number of pyridine rings is 1. The molecule has 2 aromatic heterocycles. The molecule has 0 unspecified atom stereocenters. The summed E-state index contributed by atoms with van der Waals surface area (Å²) in [7, 11) is -4.01. The Hall–Kier alpha value is -2.67. The maximum atomic E-state index is 13.6. The van der Waals surface area contributed by atoms with Crippen LogP contribution in [0.25, 0.3) is 0 Å². The Balaban J connectivity index is 2.12. The third kappa shape index (κ3) is 3.16. The van der Waals surface area contributed by atoms with E-state index in [0.29, 0.717) is 11.3 Å². The quantitative estimate of drug-likeness (QED) is 0.709. The fraction of sp³-hybridized carbons (Fsp3) is 0.118. The number of aryl methyl sites for hydroxylation is 1. The van der Waals surface area contributed by atoms with E-state index in [1.165, 1.54) is 24.6 Å². The molecule has 0 aliphatic heterocycles. The number of sulfonamides is 1. The van der Waals surface area contributed by atoms with Crippen molar-refractivity contribution < 1.29 is 17.2 Å². The fourth-order valence-corrected chi connectivity index (χ4v) is 3.93. The van der Waals surface area contributed by atoms with E-state index in [1.807, 2.05) is 0 Å². The summed E-state index contributed by atoms with van der Waals surface area (Å²) in [4.78, 5) is 4.02. The molecule has 0 aliphatic carbocycles. The predicted octanol–water partition coefficient (Wildman–Crippen LogP) is 3.52. The van der Waals surface area contributed by atoms with Crippen LogP contribution in [0.1, 0.15) is 11.3 Å². The summed E-state index contributed by atoms with van der Waals surface area (Å²) in [6.45, 7) is 1.58. The van der Waals surface area contributed by atoms with Crippen LogP contribution in [0.2, 0.25) is 0 Å². The molecule has 0 spiro atoms. The number of nitrogens with zero attached hydrogens (tertiary/aromatic N) is 2. The monoisotopic (exact) mass is 346 g/mol. The molecule has 0 saturated carbocycles. The van der Waals surface area contributed by atoms with Crippen LogP contribution in [0, 0.1) is 12.7 Å². The van der Waals surface area contributed by atoms with E-state index in [0.717, 1.165) is 10.4 Å². The lowest BCUT2D eigenvalue weighted by atomic mass is 10.2. The minimum atomic E-state index is -4.01. The molecule has 0 fully saturated rings. The molecule has 0 saturated heterocycles. The van der Waals surface area contributed by atoms with Crippen LogP contribution in [0.5, 0.6) is 0 Å². The number of hydrogen-bond acceptors (Lipinski definition) is 4. The number of hydrogen-bond donors (Lipinski definition) is 0. The van der Waals surface area contributed by atoms with Crippen molar-refractivity contribution in [3.05, 3.63) is 78.1 Å². The molecule has 2 heterocycles. The van der Waals surface area contributed by atoms with Gasteiger partial charge in [0.1, 0.15) is 17.4 Å². The minimum absolute atomic E-state index is 0.0394. The predicted molar refractivity (Wildman–Crippen MR) is 87.5 cm³/mol. The first-order chi connectivity index (χ1) is 11.5. The van der Waals surface area contributed by atoms with Crippen molar-refractivity contribution in [2.75, 3.05) is 4.31 Å². The van der Waals surface area contributed by atoms with Gasteiger partial charge in [-0.2, -0.15) is 0 Å². The van der Waals surface area contributed by atoms with Gasteiger partial charge in [-0.05, 0) is 48.9 Å². The summed E-state index contributed by atoms with van der Waals surface area (Å²) in [6.07, 6.45) is 2.96. The number of furan rings is 1. The van der Waals surface area contributed by atoms with Gasteiger partial charge in [0, 0.05) is 6.20 Å². The normalized spacial score (nSPS) is 11.4. The first-order valence-electron chi connectivity index (χ1n) is 7.21. The average Bonchev–Trinajstić information content (AvgIpc) is 3.08. The molecule has 0 aliphatic rings. The molecule has 1 aromatic carbocycles. The Morgan fingerprint density at radius 1 is 1.17 bits per heavy atom. The highest BCUT2D eigenvalue weighted by molar-refractivity contribution is 7.92. The molecule has 5 nitrogen and oxygen atoms in total. The van der Waals surface area contributed by atoms with Crippen molar-refractivity contribution >= 4 is 15.8 Å². The molecular weight excluding hydrogens is 331 g/mol. The zero-order valence-electron chi connectivity index (χ0n) is 12.9. The van der Waals surface area contributed by atoms with Crippen molar-refractivity contribution in [3.8, 4) is 0 Å². The molecule has 124 valence electrons. The second kappa shape index (κ2) is 6.45. The third-order valence-corrected chi connectivity index (χ3v) is 5.39. The topological polar surface area (TPSA) is 63.4 Å². The van der Waals surface area contributed by atoms with Crippen molar-refractivity contribution in [2.24, 2.45) is 0 Å². The smallest absolute Gasteiger partial charge is 0.266 e. The molecular formula is C17H15FN2O3S. The summed E-state index contributed by atoms with van der Waals surface area (Å²) in [5, 5.41) is 0. The molecule has 0 radical (unpaired) electrons. The molecule has 3 rings (SSSR count). The summed E-state index contributed by atoms with van der Waals surface area (Å²) >= 11 is 0. The third-order valence-electron chi connectivity index (χ3n) is 3.50. The van der Waals surface area contributed by atoms with E-state index in [9.17, 15) is 12.8 Å². The van der Waals surface area contributed by atoms with Crippen molar-refractivity contribution in [3.63, 3.8) is 0 Å². The van der Waals surface area contributed by atoms with Gasteiger partial charge < -0.3 is 4.42 Å². The van der Waals surface area contributed by atoms with Gasteiger partial charge in [0.25, 0.3) is 10.0 Å². The maximum absolute atomic E-state index is 13.6. The Labute approximate surface area is 139 Å². The zero-order chi connectivity index (χ0) is 17.2. The highest BCUT2D eigenvalue weighted by Gasteiger charge is 2.28. The van der Waals surface area contributed by atoms with Gasteiger partial charge in [0.2, 0.25) is 0 Å². The highest BCUT2D eigenvalue weighted by Crippen LogP contribution is 2.26. The highest BCUT2D eigenvalue weighted by atomic mass is 32.2. The lowest BCUT2D eigenvalue weighted by molar-refractivity contribution is 0.508. The van der Waals surface area contributed by atoms with Crippen LogP contribution >= 0.6 is 0 Å². The van der Waals surface area contributed by atoms with Crippen LogP contribution < -0.4 is 4.31 Å². The van der Waals surface area contributed by atoms with Crippen molar-refractivity contribution in [1.82, 2.24) is 4.98 Å². The molecule has 0 N–H and O–H groups in total. The molecule has 7 heteroatoms. The first-order valence-corrected chi connectivity index (χ1v) is 8.65. The standard InChI is InChI=1S/C17H15FN2O3S/c1-13-7-8-14(18)11-16(13)24(21,22)20(12-15-5-4-10-23-15)17-6-2-3-9-19-17/h2-11H,12H2,1H3. The maximum Gasteiger partial charge on any atom is 0.266 e. The SMILES string of the molecule is Cc1ccc(F)cc1S(=O)(=O)N(Cc1ccco1)c1ccccn1. The van der Waals surface area contributed by atoms with Gasteiger partial charge in [-0.15, -0.1) is 0 Å². The summed E-state index contributed by atoms with van der Waals surface area (Å²) in [5.41, 5.74) is 0.455. The van der Waals surface area contributed by atoms with E-state index in [4.69, 9.17) is 4.42 Å². The average molecular weight is 346 g/mol. The van der Waals surface area contributed by atoms with E-state index < -0.39 is 15.8 Å². The van der Waals surface area contributed by atoms with E-state index in [2.05, 4.69) is 4.98 Å². The second-order valence-electron chi connectivity index (χ2n) is 5.19. The van der Waals surface area contributed by atoms with Gasteiger partial charge >= 0.3 is 0 Å². The fourth-order valence-electron chi connectivity index (χ4n) is 2.31. The lowest BCUT2D eigenvalue weighted by Crippen LogP contribution is -2.31. The molecule has 0 amide bonds. The molecule has 0 atom stereocenters. The molecule has 24 heavy (non-hydrogen) atoms. The van der Waals surface area contributed by atoms with Crippen LogP contribution in [-0.4, -0.2) is 13.4 Å². The van der Waals surface area contributed by atoms with E-state index in [-0.39, 0.29) is 17.3 Å². The van der Waals surface area contributed by atoms with Crippen LogP contribution in [0.3, 0.4) is 0 Å².